The Morgan fingerprint density at radius 2 is 0.726 bits per heavy atom. The summed E-state index contributed by atoms with van der Waals surface area (Å²) in [6.45, 7) is 19.3. The summed E-state index contributed by atoms with van der Waals surface area (Å²) in [5.74, 6) is -3.45. The van der Waals surface area contributed by atoms with Crippen molar-refractivity contribution in [1.82, 2.24) is 47.9 Å². The number of ether oxygens (including phenoxy) is 9. The minimum absolute atomic E-state index is 0.455. The lowest BCUT2D eigenvalue weighted by Crippen LogP contribution is -2.66. The predicted octanol–water partition coefficient (Wildman–Crippen LogP) is 3.68. The third-order valence-corrected chi connectivity index (χ3v) is 16.4. The Bertz CT molecular complexity index is 3090. The second-order valence-corrected chi connectivity index (χ2v) is 23.7. The van der Waals surface area contributed by atoms with Gasteiger partial charge >= 0.3 is 35.8 Å². The monoisotopic (exact) mass is 1400 g/mol. The highest BCUT2D eigenvalue weighted by Crippen LogP contribution is 2.35. The van der Waals surface area contributed by atoms with Crippen LogP contribution < -0.4 is 32.9 Å². The van der Waals surface area contributed by atoms with Crippen LogP contribution in [-0.4, -0.2) is 175 Å². The number of carbonyl (C=O) groups is 6. The number of benzene rings is 3. The van der Waals surface area contributed by atoms with E-state index in [1.54, 1.807) is 22.4 Å². The van der Waals surface area contributed by atoms with Crippen molar-refractivity contribution in [2.45, 2.75) is 220 Å². The lowest BCUT2D eigenvalue weighted by molar-refractivity contribution is -0.273. The fourth-order valence-corrected chi connectivity index (χ4v) is 11.3. The highest BCUT2D eigenvalue weighted by Gasteiger charge is 2.55. The van der Waals surface area contributed by atoms with Crippen molar-refractivity contribution in [2.24, 2.45) is 0 Å². The van der Waals surface area contributed by atoms with Gasteiger partial charge in [-0.15, -0.1) is 16.6 Å². The molecule has 6 heterocycles. The molecular weight excluding hydrogens is 1300 g/mol. The summed E-state index contributed by atoms with van der Waals surface area (Å²) in [5, 5.41) is 44.4. The van der Waals surface area contributed by atoms with Gasteiger partial charge in [0.1, 0.15) is 36.6 Å². The number of nitrogens with one attached hydrogen (secondary N) is 6. The first-order chi connectivity index (χ1) is 45.3. The lowest BCUT2D eigenvalue weighted by Gasteiger charge is -2.46. The maximum Gasteiger partial charge on any atom is 0.303 e. The lowest BCUT2D eigenvalue weighted by atomic mass is 9.95. The zero-order valence-electron chi connectivity index (χ0n) is 55.8. The van der Waals surface area contributed by atoms with Crippen LogP contribution in [0.5, 0.6) is 0 Å². The number of aryl methyl sites for hydroxylation is 4. The number of aliphatic hydroxyl groups is 4. The first-order valence-electron chi connectivity index (χ1n) is 31.8. The maximum atomic E-state index is 11.9. The van der Waals surface area contributed by atoms with E-state index in [2.05, 4.69) is 149 Å². The standard InChI is InChI=1S/C24H33N3O7.C17H25N3O5.C16H24BrN3O7.C9H12/c1-6-17-8-10-18(11-9-17)12-19-13-27(26-25-19)24-23(33-16(5)30)22(32-15(4)29)21(31-14(3)28)20(7-2)34-24;1-2-10-3-5-11(6-4-10)7-12-8-20(19-18-12)17-16(24)15(23)14(22)13(9-21)25-17;1-5-12-13(24-8(2)21)14(25-9(3)22)15(26-10(4)23)16(27-12)20-7-11(6-17)18-19-20;1-3-9-6-4-8(2)5-7-9/h8-11,13,20-26H,6-7,12H2,1-5H3;3-6,8,13-19,21-24H,2,7,9H2,1H3;7,12-16,18-19H,5-6H2,1-4H3;4-7H,3H2,1-2H3/t20-,21-,22+,23-,24?;13-,14-,15+,16-,17?;12-,13-,14+,15-,16?;/m111./s1. The van der Waals surface area contributed by atoms with Gasteiger partial charge in [-0.05, 0) is 66.8 Å². The SMILES string of the molecule is CC[C@H]1OC(N2C=C(CBr)NN2)[C@H](OC(C)=O)[C@@H](OC(C)=O)[C@@H]1OC(C)=O.CCc1ccc(C)cc1.CCc1ccc(CC2=CN(C3O[C@H](CC)[C@@H](OC(C)=O)[C@H](OC(C)=O)[C@H]3OC(C)=O)NN2)cc1.CCc1ccc(CC2=CN(C3O[C@H](CO)[C@@H](O)[C@H](O)[C@H]3O)NN2)cc1. The fourth-order valence-electron chi connectivity index (χ4n) is 11.0. The number of allylic oxidation sites excluding steroid dienone is 3. The Morgan fingerprint density at radius 3 is 1.05 bits per heavy atom. The normalized spacial score (nSPS) is 27.4. The van der Waals surface area contributed by atoms with Crippen molar-refractivity contribution >= 4 is 51.7 Å². The predicted molar refractivity (Wildman–Crippen MR) is 347 cm³/mol. The highest BCUT2D eigenvalue weighted by atomic mass is 79.9. The van der Waals surface area contributed by atoms with Crippen LogP contribution in [0.25, 0.3) is 0 Å². The van der Waals surface area contributed by atoms with Gasteiger partial charge in [-0.1, -0.05) is 129 Å². The number of hydrogen-bond donors (Lipinski definition) is 10. The van der Waals surface area contributed by atoms with E-state index in [-0.39, 0.29) is 0 Å². The zero-order chi connectivity index (χ0) is 69.6. The number of alkyl halides is 1. The van der Waals surface area contributed by atoms with Crippen LogP contribution in [0.3, 0.4) is 0 Å². The molecule has 10 N–H and O–H groups in total. The van der Waals surface area contributed by atoms with Gasteiger partial charge in [0.15, 0.2) is 55.3 Å². The Labute approximate surface area is 562 Å². The van der Waals surface area contributed by atoms with Crippen molar-refractivity contribution < 1.29 is 91.8 Å². The summed E-state index contributed by atoms with van der Waals surface area (Å²) in [6.07, 6.45) is -4.16. The zero-order valence-corrected chi connectivity index (χ0v) is 57.4. The number of carbonyl (C=O) groups excluding carboxylic acids is 6. The van der Waals surface area contributed by atoms with Crippen molar-refractivity contribution in [3.63, 3.8) is 0 Å². The summed E-state index contributed by atoms with van der Waals surface area (Å²) >= 11 is 3.34. The summed E-state index contributed by atoms with van der Waals surface area (Å²) in [4.78, 5) is 70.6. The molecule has 0 radical (unpaired) electrons. The Hall–Kier alpha value is -7.42. The first-order valence-corrected chi connectivity index (χ1v) is 32.9. The molecule has 15 atom stereocenters. The van der Waals surface area contributed by atoms with Gasteiger partial charge in [-0.3, -0.25) is 43.8 Å². The minimum atomic E-state index is -1.41. The van der Waals surface area contributed by atoms with Crippen molar-refractivity contribution in [1.29, 1.82) is 0 Å². The van der Waals surface area contributed by atoms with Gasteiger partial charge in [0, 0.05) is 89.7 Å². The van der Waals surface area contributed by atoms with Gasteiger partial charge in [0.25, 0.3) is 0 Å². The van der Waals surface area contributed by atoms with Gasteiger partial charge in [-0.25, -0.2) is 0 Å². The molecule has 0 bridgehead atoms. The largest absolute Gasteiger partial charge is 0.456 e. The molecule has 3 aromatic carbocycles. The van der Waals surface area contributed by atoms with E-state index >= 15 is 0 Å². The number of aliphatic hydroxyl groups excluding tert-OH is 4. The molecule has 28 nitrogen and oxygen atoms in total. The second-order valence-electron chi connectivity index (χ2n) is 23.2. The average Bonchev–Trinajstić information content (AvgIpc) is 1.63. The number of halogens is 1. The first kappa shape index (κ1) is 76.6. The Balaban J connectivity index is 0.000000213. The Morgan fingerprint density at radius 1 is 0.421 bits per heavy atom. The van der Waals surface area contributed by atoms with E-state index in [0.717, 1.165) is 47.5 Å². The van der Waals surface area contributed by atoms with Crippen LogP contribution in [0.2, 0.25) is 0 Å². The van der Waals surface area contributed by atoms with Crippen LogP contribution in [0.4, 0.5) is 0 Å². The molecule has 524 valence electrons. The van der Waals surface area contributed by atoms with Gasteiger partial charge in [0.05, 0.1) is 12.3 Å². The number of hydrazine groups is 6. The molecule has 0 spiro atoms. The molecule has 0 aliphatic carbocycles. The van der Waals surface area contributed by atoms with Crippen molar-refractivity contribution in [3.8, 4) is 0 Å². The van der Waals surface area contributed by atoms with E-state index in [0.29, 0.717) is 31.0 Å². The van der Waals surface area contributed by atoms with Crippen LogP contribution in [0, 0.1) is 6.92 Å². The van der Waals surface area contributed by atoms with E-state index < -0.39 is 134 Å². The number of esters is 6. The van der Waals surface area contributed by atoms with Crippen LogP contribution in [-0.2, 0) is 104 Å². The Kier molecular flexibility index (Phi) is 30.0. The van der Waals surface area contributed by atoms with Crippen molar-refractivity contribution in [2.75, 3.05) is 11.9 Å². The smallest absolute Gasteiger partial charge is 0.303 e. The van der Waals surface area contributed by atoms with Gasteiger partial charge in [0.2, 0.25) is 0 Å². The summed E-state index contributed by atoms with van der Waals surface area (Å²) in [6, 6.07) is 25.3. The maximum absolute atomic E-state index is 11.9. The van der Waals surface area contributed by atoms with Gasteiger partial charge < -0.3 is 79.3 Å². The van der Waals surface area contributed by atoms with E-state index in [1.807, 2.05) is 20.0 Å². The molecular formula is C66H94BrN9O19. The average molecular weight is 1400 g/mol. The van der Waals surface area contributed by atoms with Crippen LogP contribution in [0.1, 0.15) is 122 Å². The molecule has 0 saturated carbocycles. The summed E-state index contributed by atoms with van der Waals surface area (Å²) in [5.41, 5.74) is 27.9. The molecule has 9 rings (SSSR count). The number of nitrogens with zero attached hydrogens (tertiary/aromatic N) is 3. The van der Waals surface area contributed by atoms with E-state index in [1.165, 1.54) is 68.8 Å². The summed E-state index contributed by atoms with van der Waals surface area (Å²) in [7, 11) is 0. The third kappa shape index (κ3) is 22.1. The molecule has 3 unspecified atom stereocenters. The topological polar surface area (TPSA) is 348 Å². The third-order valence-electron chi connectivity index (χ3n) is 15.8. The quantitative estimate of drug-likeness (QED) is 0.0438. The molecule has 0 amide bonds. The van der Waals surface area contributed by atoms with Crippen molar-refractivity contribution in [3.05, 3.63) is 142 Å². The van der Waals surface area contributed by atoms with Crippen LogP contribution >= 0.6 is 15.9 Å². The number of hydrogen-bond acceptors (Lipinski definition) is 28. The molecule has 3 saturated heterocycles. The molecule has 6 aliphatic rings. The van der Waals surface area contributed by atoms with Crippen LogP contribution in [0.15, 0.2) is 108 Å². The fraction of sp³-hybridized carbons (Fsp3) is 0.545. The van der Waals surface area contributed by atoms with Gasteiger partial charge in [-0.2, -0.15) is 0 Å². The molecule has 95 heavy (non-hydrogen) atoms. The minimum Gasteiger partial charge on any atom is -0.456 e. The molecule has 3 fully saturated rings. The highest BCUT2D eigenvalue weighted by molar-refractivity contribution is 9.09. The van der Waals surface area contributed by atoms with E-state index in [4.69, 9.17) is 42.6 Å². The second kappa shape index (κ2) is 37.2. The number of rotatable bonds is 20. The molecule has 6 aliphatic heterocycles. The summed E-state index contributed by atoms with van der Waals surface area (Å²) < 4.78 is 50.5. The van der Waals surface area contributed by atoms with E-state index in [9.17, 15) is 49.2 Å². The molecule has 3 aromatic rings. The molecule has 0 aromatic heterocycles. The molecule has 29 heteroatoms.